The van der Waals surface area contributed by atoms with Crippen molar-refractivity contribution in [1.29, 1.82) is 0 Å². The van der Waals surface area contributed by atoms with Gasteiger partial charge in [-0.25, -0.2) is 0 Å². The molecular formula is C20H22N2O3S. The number of para-hydroxylation sites is 1. The van der Waals surface area contributed by atoms with Gasteiger partial charge in [-0.2, -0.15) is 0 Å². The molecule has 0 radical (unpaired) electrons. The summed E-state index contributed by atoms with van der Waals surface area (Å²) in [4.78, 5) is 30.2. The van der Waals surface area contributed by atoms with Crippen molar-refractivity contribution in [3.63, 3.8) is 0 Å². The molecule has 136 valence electrons. The maximum Gasteiger partial charge on any atom is 0.252 e. The molecule has 0 saturated carbocycles. The van der Waals surface area contributed by atoms with Gasteiger partial charge >= 0.3 is 0 Å². The quantitative estimate of drug-likeness (QED) is 0.776. The molecule has 6 heteroatoms. The molecule has 2 amide bonds. The number of thioether (sulfide) groups is 1. The molecule has 3 rings (SSSR count). The molecule has 0 fully saturated rings. The summed E-state index contributed by atoms with van der Waals surface area (Å²) in [6.07, 6.45) is 0. The Balaban J connectivity index is 1.82. The number of benzene rings is 2. The third-order valence-corrected chi connectivity index (χ3v) is 5.91. The first kappa shape index (κ1) is 18.3. The van der Waals surface area contributed by atoms with E-state index in [-0.39, 0.29) is 11.8 Å². The molecule has 0 bridgehead atoms. The lowest BCUT2D eigenvalue weighted by atomic mass is 10.1. The Morgan fingerprint density at radius 1 is 1.19 bits per heavy atom. The molecular weight excluding hydrogens is 348 g/mol. The zero-order valence-electron chi connectivity index (χ0n) is 15.4. The van der Waals surface area contributed by atoms with Crippen LogP contribution in [-0.4, -0.2) is 42.7 Å². The van der Waals surface area contributed by atoms with Gasteiger partial charge in [-0.15, -0.1) is 0 Å². The van der Waals surface area contributed by atoms with E-state index in [4.69, 9.17) is 4.74 Å². The number of nitrogens with zero attached hydrogens (tertiary/aromatic N) is 2. The monoisotopic (exact) mass is 370 g/mol. The Morgan fingerprint density at radius 2 is 1.85 bits per heavy atom. The Morgan fingerprint density at radius 3 is 2.50 bits per heavy atom. The minimum Gasteiger partial charge on any atom is -0.497 e. The zero-order valence-corrected chi connectivity index (χ0v) is 16.2. The minimum absolute atomic E-state index is 0.201. The number of anilines is 1. The number of carbonyl (C=O) groups is 2. The van der Waals surface area contributed by atoms with Gasteiger partial charge in [0.25, 0.3) is 5.91 Å². The van der Waals surface area contributed by atoms with Crippen LogP contribution in [-0.2, 0) is 16.1 Å². The highest BCUT2D eigenvalue weighted by Gasteiger charge is 2.49. The lowest BCUT2D eigenvalue weighted by Gasteiger charge is -2.38. The summed E-state index contributed by atoms with van der Waals surface area (Å²) >= 11 is 1.32. The van der Waals surface area contributed by atoms with Crippen LogP contribution >= 0.6 is 11.8 Å². The minimum atomic E-state index is -1.18. The van der Waals surface area contributed by atoms with E-state index in [1.165, 1.54) is 11.8 Å². The number of hydrogen-bond donors (Lipinski definition) is 0. The van der Waals surface area contributed by atoms with E-state index in [1.54, 1.807) is 37.9 Å². The third kappa shape index (κ3) is 3.17. The first-order valence-electron chi connectivity index (χ1n) is 8.31. The fourth-order valence-electron chi connectivity index (χ4n) is 3.09. The number of fused-ring (bicyclic) bond motifs is 1. The van der Waals surface area contributed by atoms with E-state index in [2.05, 4.69) is 0 Å². The van der Waals surface area contributed by atoms with Gasteiger partial charge in [-0.3, -0.25) is 9.59 Å². The summed E-state index contributed by atoms with van der Waals surface area (Å²) in [5, 5.41) is 0. The number of amides is 2. The van der Waals surface area contributed by atoms with Crippen molar-refractivity contribution in [1.82, 2.24) is 4.90 Å². The average molecular weight is 370 g/mol. The van der Waals surface area contributed by atoms with Gasteiger partial charge in [-0.1, -0.05) is 36.0 Å². The Bertz CT molecular complexity index is 837. The van der Waals surface area contributed by atoms with E-state index in [1.807, 2.05) is 48.5 Å². The van der Waals surface area contributed by atoms with E-state index >= 15 is 0 Å². The number of rotatable bonds is 4. The summed E-state index contributed by atoms with van der Waals surface area (Å²) in [7, 11) is 5.06. The topological polar surface area (TPSA) is 49.9 Å². The van der Waals surface area contributed by atoms with Crippen LogP contribution in [0.15, 0.2) is 53.4 Å². The normalized spacial score (nSPS) is 19.1. The van der Waals surface area contributed by atoms with Crippen molar-refractivity contribution in [2.75, 3.05) is 26.1 Å². The van der Waals surface area contributed by atoms with Crippen molar-refractivity contribution in [2.24, 2.45) is 0 Å². The standard InChI is InChI=1S/C20H22N2O3S/c1-20(19(24)22(3)16-7-5-6-8-17(16)26-20)18(23)21(2)13-14-9-11-15(25-4)12-10-14/h5-12H,13H2,1-4H3. The summed E-state index contributed by atoms with van der Waals surface area (Å²) in [5.41, 5.74) is 1.82. The summed E-state index contributed by atoms with van der Waals surface area (Å²) in [6.45, 7) is 2.14. The van der Waals surface area contributed by atoms with Gasteiger partial charge in [0, 0.05) is 25.5 Å². The second-order valence-corrected chi connectivity index (χ2v) is 7.94. The van der Waals surface area contributed by atoms with Crippen LogP contribution in [0.25, 0.3) is 0 Å². The predicted octanol–water partition coefficient (Wildman–Crippen LogP) is 3.18. The molecule has 1 unspecified atom stereocenters. The molecule has 0 spiro atoms. The molecule has 0 aliphatic carbocycles. The van der Waals surface area contributed by atoms with Crippen molar-refractivity contribution in [3.8, 4) is 5.75 Å². The van der Waals surface area contributed by atoms with E-state index in [0.717, 1.165) is 21.9 Å². The highest BCUT2D eigenvalue weighted by atomic mass is 32.2. The molecule has 0 saturated heterocycles. The average Bonchev–Trinajstić information content (AvgIpc) is 2.66. The van der Waals surface area contributed by atoms with Crippen molar-refractivity contribution in [2.45, 2.75) is 23.1 Å². The van der Waals surface area contributed by atoms with Crippen molar-refractivity contribution in [3.05, 3.63) is 54.1 Å². The second kappa shape index (κ2) is 7.03. The van der Waals surface area contributed by atoms with Gasteiger partial charge in [-0.05, 0) is 36.8 Å². The van der Waals surface area contributed by atoms with Crippen molar-refractivity contribution >= 4 is 29.3 Å². The fourth-order valence-corrected chi connectivity index (χ4v) is 4.45. The van der Waals surface area contributed by atoms with Gasteiger partial charge in [0.2, 0.25) is 5.91 Å². The molecule has 26 heavy (non-hydrogen) atoms. The van der Waals surface area contributed by atoms with Crippen LogP contribution in [0.1, 0.15) is 12.5 Å². The van der Waals surface area contributed by atoms with Crippen LogP contribution in [0.2, 0.25) is 0 Å². The van der Waals surface area contributed by atoms with Gasteiger partial charge in [0.05, 0.1) is 12.8 Å². The zero-order chi connectivity index (χ0) is 18.9. The molecule has 2 aromatic carbocycles. The highest BCUT2D eigenvalue weighted by Crippen LogP contribution is 2.45. The summed E-state index contributed by atoms with van der Waals surface area (Å²) < 4.78 is 3.98. The lowest BCUT2D eigenvalue weighted by Crippen LogP contribution is -2.55. The smallest absolute Gasteiger partial charge is 0.252 e. The van der Waals surface area contributed by atoms with Gasteiger partial charge in [0.1, 0.15) is 5.75 Å². The SMILES string of the molecule is COc1ccc(CN(C)C(=O)C2(C)Sc3ccccc3N(C)C2=O)cc1. The molecule has 5 nitrogen and oxygen atoms in total. The molecule has 2 aromatic rings. The Kier molecular flexibility index (Phi) is 4.96. The van der Waals surface area contributed by atoms with E-state index in [9.17, 15) is 9.59 Å². The first-order valence-corrected chi connectivity index (χ1v) is 9.13. The van der Waals surface area contributed by atoms with Gasteiger partial charge < -0.3 is 14.5 Å². The first-order chi connectivity index (χ1) is 12.4. The molecule has 0 N–H and O–H groups in total. The Hall–Kier alpha value is -2.47. The van der Waals surface area contributed by atoms with Gasteiger partial charge in [0.15, 0.2) is 4.75 Å². The number of ether oxygens (including phenoxy) is 1. The van der Waals surface area contributed by atoms with Crippen LogP contribution < -0.4 is 9.64 Å². The maximum atomic E-state index is 13.1. The highest BCUT2D eigenvalue weighted by molar-refractivity contribution is 8.02. The lowest BCUT2D eigenvalue weighted by molar-refractivity contribution is -0.137. The molecule has 0 aromatic heterocycles. The van der Waals surface area contributed by atoms with Crippen LogP contribution in [0.3, 0.4) is 0 Å². The van der Waals surface area contributed by atoms with Crippen LogP contribution in [0.5, 0.6) is 5.75 Å². The number of carbonyl (C=O) groups excluding carboxylic acids is 2. The largest absolute Gasteiger partial charge is 0.497 e. The molecule has 1 atom stereocenters. The molecule has 1 aliphatic rings. The van der Waals surface area contributed by atoms with Crippen molar-refractivity contribution < 1.29 is 14.3 Å². The predicted molar refractivity (Wildman–Crippen MR) is 104 cm³/mol. The van der Waals surface area contributed by atoms with Crippen LogP contribution in [0, 0.1) is 0 Å². The number of methoxy groups -OCH3 is 1. The summed E-state index contributed by atoms with van der Waals surface area (Å²) in [6, 6.07) is 15.2. The van der Waals surface area contributed by atoms with E-state index < -0.39 is 4.75 Å². The molecule has 1 heterocycles. The molecule has 1 aliphatic heterocycles. The fraction of sp³-hybridized carbons (Fsp3) is 0.300. The maximum absolute atomic E-state index is 13.1. The van der Waals surface area contributed by atoms with E-state index in [0.29, 0.717) is 6.54 Å². The second-order valence-electron chi connectivity index (χ2n) is 6.48. The number of hydrogen-bond acceptors (Lipinski definition) is 4. The summed E-state index contributed by atoms with van der Waals surface area (Å²) in [5.74, 6) is 0.364. The third-order valence-electron chi connectivity index (χ3n) is 4.59. The van der Waals surface area contributed by atoms with Crippen LogP contribution in [0.4, 0.5) is 5.69 Å². The Labute approximate surface area is 157 Å².